The summed E-state index contributed by atoms with van der Waals surface area (Å²) in [4.78, 5) is 26.5. The van der Waals surface area contributed by atoms with E-state index in [1.807, 2.05) is 0 Å². The van der Waals surface area contributed by atoms with E-state index >= 15 is 0 Å². The third kappa shape index (κ3) is 4.47. The van der Waals surface area contributed by atoms with Crippen LogP contribution in [0.5, 0.6) is 5.75 Å². The van der Waals surface area contributed by atoms with Gasteiger partial charge in [-0.25, -0.2) is 4.79 Å². The van der Waals surface area contributed by atoms with Crippen LogP contribution >= 0.6 is 0 Å². The molecule has 5 heteroatoms. The number of unbranched alkanes of at least 4 members (excludes halogenated alkanes) is 2. The van der Waals surface area contributed by atoms with E-state index in [9.17, 15) is 9.59 Å². The van der Waals surface area contributed by atoms with E-state index in [0.717, 1.165) is 25.7 Å². The number of hydrogen-bond donors (Lipinski definition) is 0. The molecule has 0 radical (unpaired) electrons. The monoisotopic (exact) mass is 319 g/mol. The van der Waals surface area contributed by atoms with Crippen LogP contribution in [0.1, 0.15) is 49.4 Å². The number of likely N-dealkylation sites (tertiary alicyclic amines) is 1. The van der Waals surface area contributed by atoms with Gasteiger partial charge in [-0.1, -0.05) is 25.8 Å². The second-order valence-corrected chi connectivity index (χ2v) is 5.76. The van der Waals surface area contributed by atoms with Crippen LogP contribution in [0.25, 0.3) is 0 Å². The molecule has 23 heavy (non-hydrogen) atoms. The van der Waals surface area contributed by atoms with Gasteiger partial charge in [-0.05, 0) is 37.5 Å². The molecule has 0 saturated carbocycles. The molecule has 1 fully saturated rings. The lowest BCUT2D eigenvalue weighted by molar-refractivity contribution is -0.148. The highest BCUT2D eigenvalue weighted by Gasteiger charge is 2.35. The van der Waals surface area contributed by atoms with E-state index in [2.05, 4.69) is 6.92 Å². The van der Waals surface area contributed by atoms with Crippen molar-refractivity contribution in [3.8, 4) is 5.75 Å². The number of carbonyl (C=O) groups is 2. The van der Waals surface area contributed by atoms with Crippen molar-refractivity contribution < 1.29 is 19.1 Å². The summed E-state index contributed by atoms with van der Waals surface area (Å²) in [5.41, 5.74) is 0.537. The van der Waals surface area contributed by atoms with Gasteiger partial charge in [0.1, 0.15) is 11.8 Å². The third-order valence-electron chi connectivity index (χ3n) is 4.09. The predicted octanol–water partition coefficient (Wildman–Crippen LogP) is 3.03. The number of benzene rings is 1. The Morgan fingerprint density at radius 3 is 2.87 bits per heavy atom. The number of nitrogens with zero attached hydrogens (tertiary/aromatic N) is 1. The van der Waals surface area contributed by atoms with Gasteiger partial charge in [-0.15, -0.1) is 0 Å². The Labute approximate surface area is 137 Å². The minimum Gasteiger partial charge on any atom is -0.497 e. The van der Waals surface area contributed by atoms with Gasteiger partial charge in [0, 0.05) is 12.1 Å². The number of rotatable bonds is 7. The molecule has 1 saturated heterocycles. The first kappa shape index (κ1) is 17.3. The summed E-state index contributed by atoms with van der Waals surface area (Å²) in [5.74, 6) is 0.209. The average Bonchev–Trinajstić information content (AvgIpc) is 3.07. The Morgan fingerprint density at radius 2 is 2.13 bits per heavy atom. The molecular formula is C18H25NO4. The van der Waals surface area contributed by atoms with Crippen LogP contribution < -0.4 is 4.74 Å². The first-order valence-electron chi connectivity index (χ1n) is 8.29. The summed E-state index contributed by atoms with van der Waals surface area (Å²) in [6.07, 6.45) is 4.50. The summed E-state index contributed by atoms with van der Waals surface area (Å²) in [5, 5.41) is 0. The van der Waals surface area contributed by atoms with Crippen molar-refractivity contribution in [1.29, 1.82) is 0 Å². The quantitative estimate of drug-likeness (QED) is 0.572. The molecule has 0 aliphatic carbocycles. The summed E-state index contributed by atoms with van der Waals surface area (Å²) in [7, 11) is 1.57. The minimum absolute atomic E-state index is 0.142. The van der Waals surface area contributed by atoms with Crippen molar-refractivity contribution in [1.82, 2.24) is 4.90 Å². The van der Waals surface area contributed by atoms with Crippen molar-refractivity contribution in [3.63, 3.8) is 0 Å². The van der Waals surface area contributed by atoms with E-state index in [4.69, 9.17) is 9.47 Å². The molecule has 1 aromatic rings. The standard InChI is InChI=1S/C18H25NO4/c1-3-4-5-12-23-18(21)16-10-7-11-19(16)17(20)14-8-6-9-15(13-14)22-2/h6,8-9,13,16H,3-5,7,10-12H2,1-2H3. The van der Waals surface area contributed by atoms with Gasteiger partial charge in [-0.2, -0.15) is 0 Å². The number of esters is 1. The lowest BCUT2D eigenvalue weighted by Gasteiger charge is -2.23. The zero-order valence-corrected chi connectivity index (χ0v) is 13.9. The molecule has 0 bridgehead atoms. The molecule has 5 nitrogen and oxygen atoms in total. The number of ether oxygens (including phenoxy) is 2. The van der Waals surface area contributed by atoms with Crippen LogP contribution in [0.15, 0.2) is 24.3 Å². The molecule has 2 rings (SSSR count). The maximum atomic E-state index is 12.7. The third-order valence-corrected chi connectivity index (χ3v) is 4.09. The van der Waals surface area contributed by atoms with Crippen LogP contribution in [0, 0.1) is 0 Å². The first-order valence-corrected chi connectivity index (χ1v) is 8.29. The summed E-state index contributed by atoms with van der Waals surface area (Å²) in [6, 6.07) is 6.55. The second-order valence-electron chi connectivity index (χ2n) is 5.76. The molecule has 1 aliphatic rings. The molecule has 1 amide bonds. The molecule has 0 spiro atoms. The number of amides is 1. The smallest absolute Gasteiger partial charge is 0.328 e. The Hall–Kier alpha value is -2.04. The topological polar surface area (TPSA) is 55.8 Å². The molecule has 1 aliphatic heterocycles. The summed E-state index contributed by atoms with van der Waals surface area (Å²) >= 11 is 0. The maximum absolute atomic E-state index is 12.7. The Morgan fingerprint density at radius 1 is 1.30 bits per heavy atom. The van der Waals surface area contributed by atoms with Crippen molar-refractivity contribution >= 4 is 11.9 Å². The van der Waals surface area contributed by atoms with E-state index in [1.165, 1.54) is 0 Å². The van der Waals surface area contributed by atoms with Gasteiger partial charge >= 0.3 is 5.97 Å². The Bertz CT molecular complexity index is 544. The fraction of sp³-hybridized carbons (Fsp3) is 0.556. The zero-order chi connectivity index (χ0) is 16.7. The van der Waals surface area contributed by atoms with E-state index in [1.54, 1.807) is 36.3 Å². The van der Waals surface area contributed by atoms with Crippen LogP contribution in [-0.4, -0.2) is 43.1 Å². The summed E-state index contributed by atoms with van der Waals surface area (Å²) in [6.45, 7) is 3.13. The molecule has 0 aromatic heterocycles. The molecule has 1 heterocycles. The molecule has 1 atom stereocenters. The van der Waals surface area contributed by atoms with Crippen molar-refractivity contribution in [2.45, 2.75) is 45.1 Å². The van der Waals surface area contributed by atoms with Gasteiger partial charge in [-0.3, -0.25) is 4.79 Å². The lowest BCUT2D eigenvalue weighted by Crippen LogP contribution is -2.41. The average molecular weight is 319 g/mol. The molecule has 1 unspecified atom stereocenters. The van der Waals surface area contributed by atoms with E-state index < -0.39 is 6.04 Å². The van der Waals surface area contributed by atoms with Gasteiger partial charge in [0.15, 0.2) is 0 Å². The van der Waals surface area contributed by atoms with Crippen molar-refractivity contribution in [2.75, 3.05) is 20.3 Å². The Kier molecular flexibility index (Phi) is 6.44. The minimum atomic E-state index is -0.463. The van der Waals surface area contributed by atoms with Crippen LogP contribution in [0.2, 0.25) is 0 Å². The van der Waals surface area contributed by atoms with Crippen LogP contribution in [0.4, 0.5) is 0 Å². The van der Waals surface area contributed by atoms with E-state index in [-0.39, 0.29) is 11.9 Å². The highest BCUT2D eigenvalue weighted by Crippen LogP contribution is 2.23. The molecule has 0 N–H and O–H groups in total. The van der Waals surface area contributed by atoms with Gasteiger partial charge in [0.25, 0.3) is 5.91 Å². The highest BCUT2D eigenvalue weighted by atomic mass is 16.5. The second kappa shape index (κ2) is 8.56. The molecular weight excluding hydrogens is 294 g/mol. The van der Waals surface area contributed by atoms with Crippen molar-refractivity contribution in [3.05, 3.63) is 29.8 Å². The fourth-order valence-electron chi connectivity index (χ4n) is 2.80. The van der Waals surface area contributed by atoms with Crippen LogP contribution in [0.3, 0.4) is 0 Å². The SMILES string of the molecule is CCCCCOC(=O)C1CCCN1C(=O)c1cccc(OC)c1. The fourth-order valence-corrected chi connectivity index (χ4v) is 2.80. The number of methoxy groups -OCH3 is 1. The van der Waals surface area contributed by atoms with Crippen molar-refractivity contribution in [2.24, 2.45) is 0 Å². The number of carbonyl (C=O) groups excluding carboxylic acids is 2. The normalized spacial score (nSPS) is 17.1. The first-order chi connectivity index (χ1) is 11.2. The van der Waals surface area contributed by atoms with E-state index in [0.29, 0.717) is 30.9 Å². The molecule has 1 aromatic carbocycles. The summed E-state index contributed by atoms with van der Waals surface area (Å²) < 4.78 is 10.5. The largest absolute Gasteiger partial charge is 0.497 e. The highest BCUT2D eigenvalue weighted by molar-refractivity contribution is 5.97. The zero-order valence-electron chi connectivity index (χ0n) is 13.9. The maximum Gasteiger partial charge on any atom is 0.328 e. The van der Waals surface area contributed by atoms with Gasteiger partial charge in [0.05, 0.1) is 13.7 Å². The number of hydrogen-bond acceptors (Lipinski definition) is 4. The molecule has 126 valence electrons. The Balaban J connectivity index is 1.99. The lowest BCUT2D eigenvalue weighted by atomic mass is 10.1. The van der Waals surface area contributed by atoms with Crippen LogP contribution in [-0.2, 0) is 9.53 Å². The van der Waals surface area contributed by atoms with Gasteiger partial charge < -0.3 is 14.4 Å². The predicted molar refractivity (Wildman–Crippen MR) is 87.5 cm³/mol. The van der Waals surface area contributed by atoms with Gasteiger partial charge in [0.2, 0.25) is 0 Å².